The molecule has 0 aliphatic rings. The average molecular weight is 643 g/mol. The first-order valence-electron chi connectivity index (χ1n) is 13.8. The van der Waals surface area contributed by atoms with Crippen molar-refractivity contribution in [3.63, 3.8) is 0 Å². The van der Waals surface area contributed by atoms with Crippen LogP contribution >= 0.6 is 15.9 Å². The van der Waals surface area contributed by atoms with Crippen molar-refractivity contribution >= 4 is 43.5 Å². The normalized spacial score (nSPS) is 13.0. The largest absolute Gasteiger partial charge is 0.352 e. The average Bonchev–Trinajstić information content (AvgIpc) is 2.93. The molecule has 1 N–H and O–H groups in total. The Balaban J connectivity index is 2.05. The molecule has 3 rings (SSSR count). The van der Waals surface area contributed by atoms with Crippen molar-refractivity contribution in [1.29, 1.82) is 0 Å². The molecule has 0 fully saturated rings. The minimum atomic E-state index is -3.81. The first-order chi connectivity index (χ1) is 19.4. The van der Waals surface area contributed by atoms with Gasteiger partial charge in [0.1, 0.15) is 12.6 Å². The predicted molar refractivity (Wildman–Crippen MR) is 169 cm³/mol. The Morgan fingerprint density at radius 1 is 0.902 bits per heavy atom. The molecule has 0 heterocycles. The van der Waals surface area contributed by atoms with Crippen LogP contribution < -0.4 is 9.62 Å². The number of amides is 2. The zero-order chi connectivity index (χ0) is 30.2. The molecule has 0 radical (unpaired) electrons. The van der Waals surface area contributed by atoms with E-state index in [0.29, 0.717) is 5.69 Å². The van der Waals surface area contributed by atoms with Crippen LogP contribution in [-0.4, -0.2) is 50.0 Å². The maximum absolute atomic E-state index is 14.2. The third-order valence-electron chi connectivity index (χ3n) is 7.04. The fraction of sp³-hybridized carbons (Fsp3) is 0.375. The Morgan fingerprint density at radius 3 is 2.10 bits per heavy atom. The zero-order valence-corrected chi connectivity index (χ0v) is 26.8. The number of carbonyl (C=O) groups is 2. The summed E-state index contributed by atoms with van der Waals surface area (Å²) < 4.78 is 27.9. The third-order valence-corrected chi connectivity index (χ3v) is 8.67. The Hall–Kier alpha value is -3.17. The monoisotopic (exact) mass is 641 g/mol. The lowest BCUT2D eigenvalue weighted by atomic mass is 10.0. The van der Waals surface area contributed by atoms with Gasteiger partial charge in [0.05, 0.1) is 11.9 Å². The Kier molecular flexibility index (Phi) is 11.5. The van der Waals surface area contributed by atoms with Crippen molar-refractivity contribution in [2.45, 2.75) is 65.1 Å². The molecule has 220 valence electrons. The van der Waals surface area contributed by atoms with Crippen LogP contribution in [0.2, 0.25) is 0 Å². The molecule has 0 spiro atoms. The van der Waals surface area contributed by atoms with Crippen molar-refractivity contribution in [3.05, 3.63) is 100 Å². The van der Waals surface area contributed by atoms with Crippen LogP contribution in [0.4, 0.5) is 5.69 Å². The second-order valence-electron chi connectivity index (χ2n) is 10.7. The molecule has 0 unspecified atom stereocenters. The molecule has 0 aliphatic carbocycles. The van der Waals surface area contributed by atoms with Crippen molar-refractivity contribution < 1.29 is 18.0 Å². The molecule has 0 aliphatic heterocycles. The molecule has 3 aromatic rings. The number of rotatable bonds is 13. The van der Waals surface area contributed by atoms with E-state index < -0.39 is 28.5 Å². The number of anilines is 1. The lowest BCUT2D eigenvalue weighted by Crippen LogP contribution is -2.54. The summed E-state index contributed by atoms with van der Waals surface area (Å²) in [5.41, 5.74) is 3.17. The first kappa shape index (κ1) is 32.3. The first-order valence-corrected chi connectivity index (χ1v) is 16.5. The maximum Gasteiger partial charge on any atom is 0.244 e. The molecule has 2 atom stereocenters. The number of nitrogens with one attached hydrogen (secondary N) is 1. The topological polar surface area (TPSA) is 86.8 Å². The Morgan fingerprint density at radius 2 is 1.54 bits per heavy atom. The van der Waals surface area contributed by atoms with E-state index in [9.17, 15) is 18.0 Å². The van der Waals surface area contributed by atoms with Crippen LogP contribution in [0.15, 0.2) is 83.3 Å². The molecule has 3 aromatic carbocycles. The number of hydrogen-bond donors (Lipinski definition) is 1. The Bertz CT molecular complexity index is 1410. The highest BCUT2D eigenvalue weighted by Gasteiger charge is 2.33. The lowest BCUT2D eigenvalue weighted by Gasteiger charge is -2.34. The number of nitrogens with zero attached hydrogens (tertiary/aromatic N) is 2. The summed E-state index contributed by atoms with van der Waals surface area (Å²) in [6.45, 7) is 7.72. The van der Waals surface area contributed by atoms with E-state index >= 15 is 0 Å². The van der Waals surface area contributed by atoms with Crippen molar-refractivity contribution in [3.8, 4) is 0 Å². The molecule has 0 saturated carbocycles. The van der Waals surface area contributed by atoms with Gasteiger partial charge in [0.2, 0.25) is 21.8 Å². The molecular formula is C32H40BrN3O4S. The van der Waals surface area contributed by atoms with Crippen LogP contribution in [0, 0.1) is 0 Å². The number of carbonyl (C=O) groups excluding carboxylic acids is 2. The number of sulfonamides is 1. The van der Waals surface area contributed by atoms with Gasteiger partial charge in [-0.3, -0.25) is 13.9 Å². The molecular weight excluding hydrogens is 602 g/mol. The summed E-state index contributed by atoms with van der Waals surface area (Å²) >= 11 is 3.49. The van der Waals surface area contributed by atoms with E-state index in [1.807, 2.05) is 80.6 Å². The van der Waals surface area contributed by atoms with Gasteiger partial charge in [-0.15, -0.1) is 0 Å². The highest BCUT2D eigenvalue weighted by Crippen LogP contribution is 2.24. The third kappa shape index (κ3) is 9.43. The van der Waals surface area contributed by atoms with Gasteiger partial charge in [-0.05, 0) is 60.2 Å². The lowest BCUT2D eigenvalue weighted by molar-refractivity contribution is -0.140. The van der Waals surface area contributed by atoms with E-state index in [1.54, 1.807) is 12.1 Å². The van der Waals surface area contributed by atoms with E-state index in [2.05, 4.69) is 35.1 Å². The molecule has 0 saturated heterocycles. The van der Waals surface area contributed by atoms with Crippen LogP contribution in [0.1, 0.15) is 56.7 Å². The molecule has 9 heteroatoms. The van der Waals surface area contributed by atoms with E-state index in [1.165, 1.54) is 4.90 Å². The van der Waals surface area contributed by atoms with Gasteiger partial charge < -0.3 is 10.2 Å². The number of benzene rings is 3. The quantitative estimate of drug-likeness (QED) is 0.252. The minimum Gasteiger partial charge on any atom is -0.352 e. The molecule has 41 heavy (non-hydrogen) atoms. The van der Waals surface area contributed by atoms with Gasteiger partial charge in [-0.1, -0.05) is 91.3 Å². The highest BCUT2D eigenvalue weighted by atomic mass is 79.9. The second-order valence-corrected chi connectivity index (χ2v) is 13.5. The summed E-state index contributed by atoms with van der Waals surface area (Å²) in [4.78, 5) is 29.4. The van der Waals surface area contributed by atoms with Crippen LogP contribution in [-0.2, 0) is 32.6 Å². The summed E-state index contributed by atoms with van der Waals surface area (Å²) in [5, 5.41) is 3.04. The fourth-order valence-electron chi connectivity index (χ4n) is 4.47. The second kappa shape index (κ2) is 14.6. The van der Waals surface area contributed by atoms with E-state index in [4.69, 9.17) is 0 Å². The van der Waals surface area contributed by atoms with Crippen molar-refractivity contribution in [2.75, 3.05) is 17.1 Å². The van der Waals surface area contributed by atoms with Gasteiger partial charge in [0, 0.05) is 23.5 Å². The van der Waals surface area contributed by atoms with Gasteiger partial charge in [-0.2, -0.15) is 0 Å². The summed E-state index contributed by atoms with van der Waals surface area (Å²) in [6, 6.07) is 23.3. The molecule has 2 amide bonds. The zero-order valence-electron chi connectivity index (χ0n) is 24.4. The number of halogens is 1. The molecule has 0 aromatic heterocycles. The minimum absolute atomic E-state index is 0.0874. The highest BCUT2D eigenvalue weighted by molar-refractivity contribution is 9.10. The smallest absolute Gasteiger partial charge is 0.244 e. The molecule has 0 bridgehead atoms. The van der Waals surface area contributed by atoms with Gasteiger partial charge in [0.25, 0.3) is 0 Å². The summed E-state index contributed by atoms with van der Waals surface area (Å²) in [5.74, 6) is -0.469. The van der Waals surface area contributed by atoms with E-state index in [0.717, 1.165) is 38.1 Å². The molecule has 7 nitrogen and oxygen atoms in total. The van der Waals surface area contributed by atoms with Crippen LogP contribution in [0.5, 0.6) is 0 Å². The summed E-state index contributed by atoms with van der Waals surface area (Å²) in [6.07, 6.45) is 2.11. The fourth-order valence-corrected chi connectivity index (χ4v) is 5.76. The van der Waals surface area contributed by atoms with Crippen LogP contribution in [0.25, 0.3) is 0 Å². The predicted octanol–water partition coefficient (Wildman–Crippen LogP) is 5.89. The maximum atomic E-state index is 14.2. The summed E-state index contributed by atoms with van der Waals surface area (Å²) in [7, 11) is -3.81. The van der Waals surface area contributed by atoms with Crippen molar-refractivity contribution in [1.82, 2.24) is 10.2 Å². The Labute approximate surface area is 253 Å². The standard InChI is InChI=1S/C32H40BrN3O4S/c1-6-24(4)34-32(38)30(20-25-11-8-7-9-12-25)35(21-26-13-10-14-28(33)19-26)31(37)22-36(41(5,39)40)29-17-15-27(16-18-29)23(2)3/h7-19,23-24,30H,6,20-22H2,1-5H3,(H,34,38)/t24-,30-/m1/s1. The van der Waals surface area contributed by atoms with Crippen molar-refractivity contribution in [2.24, 2.45) is 0 Å². The van der Waals surface area contributed by atoms with E-state index in [-0.39, 0.29) is 30.8 Å². The van der Waals surface area contributed by atoms with Gasteiger partial charge >= 0.3 is 0 Å². The van der Waals surface area contributed by atoms with Gasteiger partial charge in [0.15, 0.2) is 0 Å². The SMILES string of the molecule is CC[C@@H](C)NC(=O)[C@@H](Cc1ccccc1)N(Cc1cccc(Br)c1)C(=O)CN(c1ccc(C(C)C)cc1)S(C)(=O)=O. The van der Waals surface area contributed by atoms with Crippen LogP contribution in [0.3, 0.4) is 0 Å². The van der Waals surface area contributed by atoms with Gasteiger partial charge in [-0.25, -0.2) is 8.42 Å². The number of hydrogen-bond acceptors (Lipinski definition) is 4.